The van der Waals surface area contributed by atoms with E-state index in [1.54, 1.807) is 21.9 Å². The summed E-state index contributed by atoms with van der Waals surface area (Å²) in [7, 11) is 0. The van der Waals surface area contributed by atoms with Crippen LogP contribution in [0, 0.1) is 22.7 Å². The molecule has 4 heterocycles. The molecule has 2 saturated heterocycles. The first-order chi connectivity index (χ1) is 41.6. The minimum Gasteiger partial charge on any atom is -0.481 e. The number of nitriles is 2. The van der Waals surface area contributed by atoms with E-state index in [0.29, 0.717) is 26.2 Å². The number of aliphatic carboxylic acids is 2. The fourth-order valence-corrected chi connectivity index (χ4v) is 11.1. The topological polar surface area (TPSA) is 259 Å². The van der Waals surface area contributed by atoms with Crippen LogP contribution in [0.4, 0.5) is 9.59 Å². The Morgan fingerprint density at radius 1 is 0.398 bits per heavy atom. The van der Waals surface area contributed by atoms with Gasteiger partial charge < -0.3 is 31.1 Å². The van der Waals surface area contributed by atoms with Crippen molar-refractivity contribution in [3.05, 3.63) is 287 Å². The third-order valence-electron chi connectivity index (χ3n) is 14.1. The zero-order valence-electron chi connectivity index (χ0n) is 48.6. The van der Waals surface area contributed by atoms with Gasteiger partial charge in [0.1, 0.15) is 0 Å². The number of aliphatic imine (C=N–C) groups is 2. The molecule has 2 fully saturated rings. The van der Waals surface area contributed by atoms with Gasteiger partial charge >= 0.3 is 12.1 Å². The van der Waals surface area contributed by atoms with Crippen LogP contribution in [0.15, 0.2) is 253 Å². The van der Waals surface area contributed by atoms with E-state index in [0.717, 1.165) is 58.4 Å². The molecule has 0 saturated carbocycles. The minimum absolute atomic E-state index is 0. The van der Waals surface area contributed by atoms with Gasteiger partial charge in [0, 0.05) is 88.9 Å². The molecule has 8 aromatic carbocycles. The van der Waals surface area contributed by atoms with Gasteiger partial charge in [-0.05, 0) is 22.3 Å². The second kappa shape index (κ2) is 31.9. The van der Waals surface area contributed by atoms with Crippen LogP contribution in [0.5, 0.6) is 0 Å². The first kappa shape index (κ1) is 68.8. The number of aliphatic hydroxyl groups is 2. The second-order valence-corrected chi connectivity index (χ2v) is 19.7. The number of amides is 4. The van der Waals surface area contributed by atoms with E-state index < -0.39 is 34.6 Å². The number of carbonyl (C=O) groups is 4. The summed E-state index contributed by atoms with van der Waals surface area (Å²) >= 11 is 0. The molecule has 0 aromatic heterocycles. The largest absolute Gasteiger partial charge is 0.481 e. The van der Waals surface area contributed by atoms with Gasteiger partial charge in [-0.1, -0.05) is 243 Å². The molecule has 4 aliphatic heterocycles. The van der Waals surface area contributed by atoms with E-state index >= 15 is 0 Å². The molecule has 6 N–H and O–H groups in total. The van der Waals surface area contributed by atoms with Crippen molar-refractivity contribution in [1.29, 1.82) is 10.5 Å². The number of carboxylic acid groups (broad SMARTS) is 2. The average Bonchev–Trinajstić information content (AvgIpc) is 1.53. The van der Waals surface area contributed by atoms with Crippen LogP contribution in [0.1, 0.15) is 72.2 Å². The number of urea groups is 2. The van der Waals surface area contributed by atoms with E-state index in [-0.39, 0.29) is 63.1 Å². The van der Waals surface area contributed by atoms with Crippen molar-refractivity contribution in [3.63, 3.8) is 0 Å². The van der Waals surface area contributed by atoms with Gasteiger partial charge in [0.05, 0.1) is 38.3 Å². The molecule has 0 unspecified atom stereocenters. The monoisotopic (exact) mass is 1360 g/mol. The molecular weight excluding hydrogens is 1290 g/mol. The Morgan fingerprint density at radius 3 is 0.795 bits per heavy atom. The number of nitrogens with one attached hydrogen (secondary N) is 2. The van der Waals surface area contributed by atoms with E-state index in [1.165, 1.54) is 13.8 Å². The molecule has 12 rings (SSSR count). The summed E-state index contributed by atoms with van der Waals surface area (Å²) in [5.41, 5.74) is 2.40. The third kappa shape index (κ3) is 14.5. The fraction of sp³-hybridized carbons (Fsp3) is 0.176. The van der Waals surface area contributed by atoms with Crippen LogP contribution in [0.2, 0.25) is 0 Å². The minimum atomic E-state index is -1.26. The molecule has 4 aliphatic rings. The number of fused-ring (bicyclic) bond motifs is 2. The number of carbonyl (C=O) groups excluding carboxylic acids is 2. The van der Waals surface area contributed by atoms with Gasteiger partial charge in [-0.15, -0.1) is 0 Å². The van der Waals surface area contributed by atoms with E-state index in [1.807, 2.05) is 252 Å². The van der Waals surface area contributed by atoms with Gasteiger partial charge in [0.15, 0.2) is 11.3 Å². The van der Waals surface area contributed by atoms with Gasteiger partial charge in [0.2, 0.25) is 11.3 Å². The molecule has 20 heteroatoms. The second-order valence-electron chi connectivity index (χ2n) is 19.7. The summed E-state index contributed by atoms with van der Waals surface area (Å²) in [5, 5.41) is 58.8. The smallest absolute Gasteiger partial charge is 0.322 e. The van der Waals surface area contributed by atoms with Crippen molar-refractivity contribution >= 4 is 36.0 Å². The van der Waals surface area contributed by atoms with Gasteiger partial charge in [-0.2, -0.15) is 20.5 Å². The number of aliphatic hydroxyl groups excluding tert-OH is 2. The molecule has 0 spiro atoms. The number of amidine groups is 2. The molecular formula is C68H66N10O8Rh2. The average molecular weight is 1360 g/mol. The Labute approximate surface area is 537 Å². The van der Waals surface area contributed by atoms with Crippen LogP contribution in [-0.2, 0) is 97.4 Å². The van der Waals surface area contributed by atoms with Crippen molar-refractivity contribution < 1.29 is 78.6 Å². The summed E-state index contributed by atoms with van der Waals surface area (Å²) in [6.45, 7) is 6.42. The Morgan fingerprint density at radius 2 is 0.580 bits per heavy atom. The van der Waals surface area contributed by atoms with Crippen LogP contribution in [-0.4, -0.2) is 76.1 Å². The Balaban J connectivity index is 0.000000260. The first-order valence-corrected chi connectivity index (χ1v) is 27.3. The SMILES string of the molecule is CC#N.CC#N.CC(=O)O.CC(=O)O.O=C1N[C@@]2(c3ccccc3)N=C(O)N(Cc3ccccc3)[C@@]2(c2ccccc2)N1Cc1ccccc1.O=C1N[C@@]2(c3ccccc3)N=C(O)N(Cc3ccccc3)[C@@]2(c2ccccc2)N1Cc1ccccc1.[Rh].[Rh]. The maximum atomic E-state index is 13.9. The summed E-state index contributed by atoms with van der Waals surface area (Å²) < 4.78 is 0. The number of carboxylic acids is 2. The number of hydrogen-bond donors (Lipinski definition) is 6. The molecule has 88 heavy (non-hydrogen) atoms. The molecule has 454 valence electrons. The number of benzene rings is 8. The zero-order valence-corrected chi connectivity index (χ0v) is 51.9. The van der Waals surface area contributed by atoms with Gasteiger partial charge in [0.25, 0.3) is 24.0 Å². The van der Waals surface area contributed by atoms with E-state index in [4.69, 9.17) is 40.3 Å². The predicted molar refractivity (Wildman–Crippen MR) is 327 cm³/mol. The Kier molecular flexibility index (Phi) is 25.0. The van der Waals surface area contributed by atoms with E-state index in [2.05, 4.69) is 10.6 Å². The first-order valence-electron chi connectivity index (χ1n) is 27.3. The standard InChI is InChI=1S/2C30H26N4O2.2C2H3N.2C2H4O2.2Rh/c2*35-27-31-29(25-17-9-3-10-18-25)30(26-19-11-4-12-20-26,33(27)21-23-13-5-1-6-14-23)34(28(36)32-29)22-24-15-7-2-8-16-24;2*1-2-3;2*1-2(3)4;;/h2*1-20H,21-22H2,(H,31,35)(H,32,36);2*1H3;2*1H3,(H,3,4);;/t2*29-,30+;;;;;;. The number of rotatable bonds is 12. The molecule has 0 aliphatic carbocycles. The summed E-state index contributed by atoms with van der Waals surface area (Å²) in [4.78, 5) is 62.8. The zero-order chi connectivity index (χ0) is 61.7. The quantitative estimate of drug-likeness (QED) is 0.0624. The van der Waals surface area contributed by atoms with Gasteiger partial charge in [-0.25, -0.2) is 9.59 Å². The Hall–Kier alpha value is -9.99. The van der Waals surface area contributed by atoms with Crippen molar-refractivity contribution in [2.75, 3.05) is 0 Å². The molecule has 2 radical (unpaired) electrons. The van der Waals surface area contributed by atoms with Crippen molar-refractivity contribution in [2.24, 2.45) is 9.98 Å². The molecule has 4 atom stereocenters. The Bertz CT molecular complexity index is 3440. The molecule has 8 aromatic rings. The predicted octanol–water partition coefficient (Wildman–Crippen LogP) is 11.9. The van der Waals surface area contributed by atoms with Crippen LogP contribution < -0.4 is 10.6 Å². The number of hydrogen-bond acceptors (Lipinski definition) is 10. The normalized spacial score (nSPS) is 19.4. The van der Waals surface area contributed by atoms with E-state index in [9.17, 15) is 19.8 Å². The van der Waals surface area contributed by atoms with Crippen molar-refractivity contribution in [3.8, 4) is 12.1 Å². The van der Waals surface area contributed by atoms with Crippen molar-refractivity contribution in [2.45, 2.75) is 76.5 Å². The molecule has 4 amide bonds. The maximum Gasteiger partial charge on any atom is 0.322 e. The van der Waals surface area contributed by atoms with Gasteiger partial charge in [-0.3, -0.25) is 29.2 Å². The van der Waals surface area contributed by atoms with Crippen LogP contribution in [0.25, 0.3) is 0 Å². The van der Waals surface area contributed by atoms with Crippen LogP contribution in [0.3, 0.4) is 0 Å². The fourth-order valence-electron chi connectivity index (χ4n) is 11.1. The number of nitrogens with zero attached hydrogens (tertiary/aromatic N) is 8. The summed E-state index contributed by atoms with van der Waals surface area (Å²) in [6, 6.07) is 81.6. The van der Waals surface area contributed by atoms with Crippen LogP contribution >= 0.6 is 0 Å². The maximum absolute atomic E-state index is 13.9. The summed E-state index contributed by atoms with van der Waals surface area (Å²) in [6.07, 6.45) is 0. The molecule has 18 nitrogen and oxygen atoms in total. The molecule has 0 bridgehead atoms. The summed E-state index contributed by atoms with van der Waals surface area (Å²) in [5.74, 6) is -1.67. The van der Waals surface area contributed by atoms with Crippen molar-refractivity contribution in [1.82, 2.24) is 30.2 Å². The third-order valence-corrected chi connectivity index (χ3v) is 14.1.